The van der Waals surface area contributed by atoms with Crippen molar-refractivity contribution in [3.8, 4) is 0 Å². The van der Waals surface area contributed by atoms with E-state index in [1.165, 1.54) is 7.11 Å². The number of nitrogens with zero attached hydrogens (tertiary/aromatic N) is 1. The number of carbonyl (C=O) groups is 2. The van der Waals surface area contributed by atoms with Crippen molar-refractivity contribution in [3.05, 3.63) is 12.2 Å². The largest absolute Gasteiger partial charge is 0.453 e. The Bertz CT molecular complexity index is 403. The number of rotatable bonds is 2. The SMILES string of the molecule is CCC(=O)C1CC2C=CC23C1N3C(=O)OC. The van der Waals surface area contributed by atoms with Gasteiger partial charge in [-0.1, -0.05) is 19.1 Å². The molecule has 0 bridgehead atoms. The Morgan fingerprint density at radius 3 is 2.81 bits per heavy atom. The van der Waals surface area contributed by atoms with Gasteiger partial charge in [0.2, 0.25) is 0 Å². The maximum absolute atomic E-state index is 11.8. The summed E-state index contributed by atoms with van der Waals surface area (Å²) >= 11 is 0. The summed E-state index contributed by atoms with van der Waals surface area (Å²) in [6.45, 7) is 1.88. The van der Waals surface area contributed by atoms with Gasteiger partial charge < -0.3 is 4.74 Å². The fourth-order valence-corrected chi connectivity index (χ4v) is 3.46. The zero-order valence-electron chi connectivity index (χ0n) is 9.47. The van der Waals surface area contributed by atoms with E-state index in [1.54, 1.807) is 4.90 Å². The number of ether oxygens (including phenoxy) is 1. The van der Waals surface area contributed by atoms with Gasteiger partial charge in [-0.25, -0.2) is 4.79 Å². The highest BCUT2D eigenvalue weighted by Gasteiger charge is 2.78. The minimum atomic E-state index is -0.298. The summed E-state index contributed by atoms with van der Waals surface area (Å²) in [5.74, 6) is 0.660. The third-order valence-corrected chi connectivity index (χ3v) is 4.31. The third-order valence-electron chi connectivity index (χ3n) is 4.31. The molecule has 86 valence electrons. The number of hydrogen-bond donors (Lipinski definition) is 0. The molecule has 1 saturated carbocycles. The van der Waals surface area contributed by atoms with Crippen molar-refractivity contribution in [2.75, 3.05) is 7.11 Å². The van der Waals surface area contributed by atoms with E-state index in [0.717, 1.165) is 6.42 Å². The second kappa shape index (κ2) is 2.87. The summed E-state index contributed by atoms with van der Waals surface area (Å²) < 4.78 is 4.76. The molecule has 0 aromatic carbocycles. The lowest BCUT2D eigenvalue weighted by molar-refractivity contribution is -0.122. The van der Waals surface area contributed by atoms with Gasteiger partial charge in [0.15, 0.2) is 0 Å². The van der Waals surface area contributed by atoms with E-state index in [0.29, 0.717) is 12.3 Å². The summed E-state index contributed by atoms with van der Waals surface area (Å²) in [4.78, 5) is 25.1. The van der Waals surface area contributed by atoms with Crippen LogP contribution in [0.4, 0.5) is 4.79 Å². The first-order valence-electron chi connectivity index (χ1n) is 5.76. The van der Waals surface area contributed by atoms with E-state index < -0.39 is 0 Å². The van der Waals surface area contributed by atoms with E-state index in [2.05, 4.69) is 12.2 Å². The van der Waals surface area contributed by atoms with Crippen LogP contribution in [0, 0.1) is 11.8 Å². The molecule has 4 nitrogen and oxygen atoms in total. The van der Waals surface area contributed by atoms with Gasteiger partial charge in [-0.15, -0.1) is 0 Å². The molecule has 1 amide bonds. The summed E-state index contributed by atoms with van der Waals surface area (Å²) in [7, 11) is 1.39. The van der Waals surface area contributed by atoms with Crippen molar-refractivity contribution in [2.24, 2.45) is 11.8 Å². The predicted molar refractivity (Wildman–Crippen MR) is 56.8 cm³/mol. The average molecular weight is 221 g/mol. The van der Waals surface area contributed by atoms with E-state index >= 15 is 0 Å². The number of piperidine rings is 1. The fraction of sp³-hybridized carbons (Fsp3) is 0.667. The predicted octanol–water partition coefficient (Wildman–Crippen LogP) is 1.36. The van der Waals surface area contributed by atoms with Crippen LogP contribution in [0.1, 0.15) is 19.8 Å². The maximum Gasteiger partial charge on any atom is 0.410 e. The topological polar surface area (TPSA) is 46.4 Å². The average Bonchev–Trinajstić information content (AvgIpc) is 2.93. The first kappa shape index (κ1) is 9.87. The van der Waals surface area contributed by atoms with Crippen molar-refractivity contribution in [3.63, 3.8) is 0 Å². The molecular weight excluding hydrogens is 206 g/mol. The number of carbonyl (C=O) groups excluding carboxylic acids is 2. The molecule has 1 aliphatic heterocycles. The Morgan fingerprint density at radius 2 is 2.31 bits per heavy atom. The molecule has 1 spiro atoms. The number of Topliss-reactive ketones (excluding diaryl/α,β-unsaturated/α-hetero) is 1. The van der Waals surface area contributed by atoms with Crippen LogP contribution >= 0.6 is 0 Å². The molecule has 0 aromatic rings. The Kier molecular flexibility index (Phi) is 1.77. The lowest BCUT2D eigenvalue weighted by atomic mass is 9.83. The van der Waals surface area contributed by atoms with Gasteiger partial charge >= 0.3 is 6.09 Å². The highest BCUT2D eigenvalue weighted by atomic mass is 16.5. The number of amides is 1. The van der Waals surface area contributed by atoms with E-state index in [1.807, 2.05) is 6.92 Å². The Hall–Kier alpha value is -1.32. The molecule has 16 heavy (non-hydrogen) atoms. The molecule has 4 atom stereocenters. The molecule has 1 heterocycles. The normalized spacial score (nSPS) is 42.1. The van der Waals surface area contributed by atoms with Crippen molar-refractivity contribution < 1.29 is 14.3 Å². The van der Waals surface area contributed by atoms with Crippen molar-refractivity contribution in [1.82, 2.24) is 4.90 Å². The second-order valence-electron chi connectivity index (χ2n) is 4.80. The standard InChI is InChI=1S/C12H15NO3/c1-3-9(14)8-6-7-4-5-12(7)10(8)13(12)11(15)16-2/h4-5,7-8,10H,3,6H2,1-2H3. The summed E-state index contributed by atoms with van der Waals surface area (Å²) in [6, 6.07) is 0.0717. The van der Waals surface area contributed by atoms with Crippen LogP contribution in [0.3, 0.4) is 0 Å². The molecule has 4 heteroatoms. The minimum absolute atomic E-state index is 0.0177. The maximum atomic E-state index is 11.8. The lowest BCUT2D eigenvalue weighted by Gasteiger charge is -2.28. The van der Waals surface area contributed by atoms with Crippen LogP contribution in [0.15, 0.2) is 12.2 Å². The van der Waals surface area contributed by atoms with Crippen molar-refractivity contribution in [1.29, 1.82) is 0 Å². The Morgan fingerprint density at radius 1 is 1.56 bits per heavy atom. The molecule has 3 aliphatic rings. The van der Waals surface area contributed by atoms with E-state index in [4.69, 9.17) is 4.74 Å². The van der Waals surface area contributed by atoms with Crippen LogP contribution in [0.5, 0.6) is 0 Å². The van der Waals surface area contributed by atoms with Gasteiger partial charge in [0.1, 0.15) is 5.78 Å². The molecule has 0 N–H and O–H groups in total. The van der Waals surface area contributed by atoms with Gasteiger partial charge in [0, 0.05) is 18.3 Å². The number of likely N-dealkylation sites (tertiary alicyclic amines) is 1. The zero-order chi connectivity index (χ0) is 11.5. The third kappa shape index (κ3) is 0.867. The molecule has 4 unspecified atom stereocenters. The number of methoxy groups -OCH3 is 1. The van der Waals surface area contributed by atoms with Crippen molar-refractivity contribution >= 4 is 11.9 Å². The molecule has 0 radical (unpaired) electrons. The minimum Gasteiger partial charge on any atom is -0.453 e. The van der Waals surface area contributed by atoms with Crippen LogP contribution in [-0.2, 0) is 9.53 Å². The van der Waals surface area contributed by atoms with Gasteiger partial charge in [-0.2, -0.15) is 0 Å². The summed E-state index contributed by atoms with van der Waals surface area (Å²) in [5, 5.41) is 0. The highest BCUT2D eigenvalue weighted by molar-refractivity contribution is 5.87. The first-order valence-corrected chi connectivity index (χ1v) is 5.76. The molecule has 2 fully saturated rings. The Labute approximate surface area is 94.2 Å². The summed E-state index contributed by atoms with van der Waals surface area (Å²) in [6.07, 6.45) is 5.33. The summed E-state index contributed by atoms with van der Waals surface area (Å²) in [5.41, 5.74) is -0.150. The number of ketones is 1. The van der Waals surface area contributed by atoms with Crippen LogP contribution < -0.4 is 0 Å². The molecular formula is C12H15NO3. The zero-order valence-corrected chi connectivity index (χ0v) is 9.47. The van der Waals surface area contributed by atoms with Gasteiger partial charge in [0.05, 0.1) is 18.7 Å². The highest BCUT2D eigenvalue weighted by Crippen LogP contribution is 2.65. The van der Waals surface area contributed by atoms with E-state index in [-0.39, 0.29) is 29.4 Å². The van der Waals surface area contributed by atoms with Crippen LogP contribution in [0.2, 0.25) is 0 Å². The van der Waals surface area contributed by atoms with Gasteiger partial charge in [0.25, 0.3) is 0 Å². The molecule has 2 aliphatic carbocycles. The smallest absolute Gasteiger partial charge is 0.410 e. The first-order chi connectivity index (χ1) is 7.66. The van der Waals surface area contributed by atoms with Crippen molar-refractivity contribution in [2.45, 2.75) is 31.3 Å². The van der Waals surface area contributed by atoms with Gasteiger partial charge in [-0.3, -0.25) is 9.69 Å². The van der Waals surface area contributed by atoms with Gasteiger partial charge in [-0.05, 0) is 6.42 Å². The molecule has 3 rings (SSSR count). The lowest BCUT2D eigenvalue weighted by Crippen LogP contribution is -2.34. The molecule has 1 saturated heterocycles. The van der Waals surface area contributed by atoms with Crippen LogP contribution in [-0.4, -0.2) is 35.5 Å². The monoisotopic (exact) mass is 221 g/mol. The fourth-order valence-electron chi connectivity index (χ4n) is 3.46. The quantitative estimate of drug-likeness (QED) is 0.522. The second-order valence-corrected chi connectivity index (χ2v) is 4.80. The van der Waals surface area contributed by atoms with Crippen LogP contribution in [0.25, 0.3) is 0 Å². The molecule has 0 aromatic heterocycles. The number of hydrogen-bond acceptors (Lipinski definition) is 3. The van der Waals surface area contributed by atoms with E-state index in [9.17, 15) is 9.59 Å². The Balaban J connectivity index is 1.86.